The van der Waals surface area contributed by atoms with Gasteiger partial charge in [0.1, 0.15) is 0 Å². The van der Waals surface area contributed by atoms with Crippen molar-refractivity contribution in [3.8, 4) is 22.3 Å². The molecule has 0 aromatic heterocycles. The van der Waals surface area contributed by atoms with Crippen LogP contribution >= 0.6 is 0 Å². The van der Waals surface area contributed by atoms with E-state index >= 15 is 0 Å². The Morgan fingerprint density at radius 2 is 0.542 bits per heavy atom. The monoisotopic (exact) mass is 616 g/mol. The Morgan fingerprint density at radius 3 is 0.812 bits per heavy atom. The van der Waals surface area contributed by atoms with Crippen molar-refractivity contribution in [1.29, 1.82) is 0 Å². The summed E-state index contributed by atoms with van der Waals surface area (Å²) in [4.78, 5) is 5.36. The van der Waals surface area contributed by atoms with Crippen LogP contribution in [0.25, 0.3) is 65.3 Å². The Kier molecular flexibility index (Phi) is 6.46. The Labute approximate surface area is 281 Å². The molecule has 10 rings (SSSR count). The summed E-state index contributed by atoms with van der Waals surface area (Å²) < 4.78 is 0. The first-order valence-corrected chi connectivity index (χ1v) is 17.3. The second kappa shape index (κ2) is 11.2. The Hall–Kier alpha value is -5.28. The Morgan fingerprint density at radius 1 is 0.292 bits per heavy atom. The van der Waals surface area contributed by atoms with Gasteiger partial charge in [0.15, 0.2) is 0 Å². The fraction of sp³-hybridized carbons (Fsp3) is 0.130. The molecule has 0 bridgehead atoms. The highest BCUT2D eigenvalue weighted by Gasteiger charge is 2.26. The van der Waals surface area contributed by atoms with Crippen LogP contribution in [-0.4, -0.2) is 22.9 Å². The molecule has 0 N–H and O–H groups in total. The summed E-state index contributed by atoms with van der Waals surface area (Å²) in [6, 6.07) is 54.5. The van der Waals surface area contributed by atoms with Gasteiger partial charge in [0.2, 0.25) is 0 Å². The zero-order chi connectivity index (χ0) is 31.6. The summed E-state index contributed by atoms with van der Waals surface area (Å²) in [6.07, 6.45) is 0. The van der Waals surface area contributed by atoms with Crippen molar-refractivity contribution in [2.75, 3.05) is 13.1 Å². The van der Waals surface area contributed by atoms with Crippen LogP contribution in [0, 0.1) is 0 Å². The van der Waals surface area contributed by atoms with Gasteiger partial charge in [-0.3, -0.25) is 9.80 Å². The lowest BCUT2D eigenvalue weighted by Gasteiger charge is -2.27. The standard InChI is InChI=1S/C46H36N2/c1-5-13-39-31(9-1)17-21-35-27-47(28-36-22-18-32-10-2-6-14-40(32)44(36)43(35)39)25-26-48-29-37-23-19-33-11-3-7-15-41(33)45(37)46-38(30-48)24-20-34-12-4-8-16-42(34)46/h1-24H,25-30H2. The smallest absolute Gasteiger partial charge is 0.0244 e. The third-order valence-corrected chi connectivity index (χ3v) is 10.9. The maximum Gasteiger partial charge on any atom is 0.0244 e. The first-order valence-electron chi connectivity index (χ1n) is 17.3. The number of hydrogen-bond donors (Lipinski definition) is 0. The lowest BCUT2D eigenvalue weighted by Crippen LogP contribution is -2.33. The molecule has 2 heteroatoms. The maximum absolute atomic E-state index is 2.68. The molecule has 0 aliphatic carbocycles. The summed E-state index contributed by atoms with van der Waals surface area (Å²) in [5.74, 6) is 0. The van der Waals surface area contributed by atoms with Crippen LogP contribution in [0.3, 0.4) is 0 Å². The fourth-order valence-electron chi connectivity index (χ4n) is 8.65. The molecule has 0 atom stereocenters. The average molecular weight is 617 g/mol. The van der Waals surface area contributed by atoms with Crippen molar-refractivity contribution in [1.82, 2.24) is 9.80 Å². The third kappa shape index (κ3) is 4.48. The molecule has 2 aliphatic heterocycles. The average Bonchev–Trinajstić information content (AvgIpc) is 3.42. The maximum atomic E-state index is 2.68. The van der Waals surface area contributed by atoms with Crippen LogP contribution in [0.4, 0.5) is 0 Å². The van der Waals surface area contributed by atoms with Crippen LogP contribution < -0.4 is 0 Å². The first-order chi connectivity index (χ1) is 23.8. The van der Waals surface area contributed by atoms with Gasteiger partial charge in [0.25, 0.3) is 0 Å². The minimum absolute atomic E-state index is 0.944. The molecule has 2 heterocycles. The normalized spacial score (nSPS) is 14.8. The van der Waals surface area contributed by atoms with Crippen molar-refractivity contribution in [3.05, 3.63) is 168 Å². The highest BCUT2D eigenvalue weighted by atomic mass is 15.2. The molecule has 2 nitrogen and oxygen atoms in total. The van der Waals surface area contributed by atoms with E-state index in [2.05, 4.69) is 155 Å². The van der Waals surface area contributed by atoms with Crippen molar-refractivity contribution < 1.29 is 0 Å². The number of fused-ring (bicyclic) bond motifs is 14. The number of hydrogen-bond acceptors (Lipinski definition) is 2. The van der Waals surface area contributed by atoms with E-state index in [-0.39, 0.29) is 0 Å². The molecule has 8 aromatic carbocycles. The Bertz CT molecular complexity index is 2190. The summed E-state index contributed by atoms with van der Waals surface area (Å²) in [5.41, 5.74) is 11.4. The van der Waals surface area contributed by atoms with Gasteiger partial charge in [-0.2, -0.15) is 0 Å². The first kappa shape index (κ1) is 27.8. The molecular weight excluding hydrogens is 581 g/mol. The zero-order valence-corrected chi connectivity index (χ0v) is 27.0. The van der Waals surface area contributed by atoms with Crippen molar-refractivity contribution >= 4 is 43.1 Å². The number of benzene rings is 8. The summed E-state index contributed by atoms with van der Waals surface area (Å²) in [5, 5.41) is 10.7. The molecule has 2 aliphatic rings. The van der Waals surface area contributed by atoms with Gasteiger partial charge in [-0.1, -0.05) is 146 Å². The molecule has 8 aromatic rings. The molecular formula is C46H36N2. The quantitative estimate of drug-likeness (QED) is 0.195. The molecule has 0 saturated heterocycles. The molecule has 0 fully saturated rings. The van der Waals surface area contributed by atoms with E-state index in [1.807, 2.05) is 0 Å². The fourth-order valence-corrected chi connectivity index (χ4v) is 8.65. The summed E-state index contributed by atoms with van der Waals surface area (Å²) in [7, 11) is 0. The molecule has 48 heavy (non-hydrogen) atoms. The van der Waals surface area contributed by atoms with E-state index in [0.29, 0.717) is 0 Å². The summed E-state index contributed by atoms with van der Waals surface area (Å²) in [6.45, 7) is 5.78. The van der Waals surface area contributed by atoms with E-state index in [1.54, 1.807) is 0 Å². The van der Waals surface area contributed by atoms with E-state index in [0.717, 1.165) is 39.3 Å². The highest BCUT2D eigenvalue weighted by molar-refractivity contribution is 6.09. The largest absolute Gasteiger partial charge is 0.294 e. The van der Waals surface area contributed by atoms with E-state index in [4.69, 9.17) is 0 Å². The SMILES string of the molecule is c1ccc2c3c(ccc2c1)CN(CCN1Cc2ccc4ccccc4c2-c2c(ccc4ccccc24)C1)Cc1ccc2ccccc2c1-3. The molecule has 0 spiro atoms. The molecule has 0 radical (unpaired) electrons. The highest BCUT2D eigenvalue weighted by Crippen LogP contribution is 2.44. The zero-order valence-electron chi connectivity index (χ0n) is 27.0. The van der Waals surface area contributed by atoms with Crippen LogP contribution in [0.5, 0.6) is 0 Å². The molecule has 0 amide bonds. The number of rotatable bonds is 3. The van der Waals surface area contributed by atoms with Gasteiger partial charge >= 0.3 is 0 Å². The predicted molar refractivity (Wildman–Crippen MR) is 202 cm³/mol. The minimum Gasteiger partial charge on any atom is -0.294 e. The lowest BCUT2D eigenvalue weighted by atomic mass is 9.88. The van der Waals surface area contributed by atoms with Gasteiger partial charge in [-0.15, -0.1) is 0 Å². The molecule has 0 unspecified atom stereocenters. The van der Waals surface area contributed by atoms with Crippen molar-refractivity contribution in [2.45, 2.75) is 26.2 Å². The van der Waals surface area contributed by atoms with Gasteiger partial charge in [-0.25, -0.2) is 0 Å². The minimum atomic E-state index is 0.944. The molecule has 0 saturated carbocycles. The Balaban J connectivity index is 1.05. The summed E-state index contributed by atoms with van der Waals surface area (Å²) >= 11 is 0. The van der Waals surface area contributed by atoms with E-state index in [9.17, 15) is 0 Å². The van der Waals surface area contributed by atoms with Crippen molar-refractivity contribution in [3.63, 3.8) is 0 Å². The third-order valence-electron chi connectivity index (χ3n) is 10.9. The van der Waals surface area contributed by atoms with Crippen LogP contribution in [0.15, 0.2) is 146 Å². The predicted octanol–water partition coefficient (Wildman–Crippen LogP) is 11.0. The van der Waals surface area contributed by atoms with Gasteiger partial charge in [0, 0.05) is 39.3 Å². The second-order valence-corrected chi connectivity index (χ2v) is 13.7. The number of nitrogens with zero attached hydrogens (tertiary/aromatic N) is 2. The van der Waals surface area contributed by atoms with Gasteiger partial charge in [-0.05, 0) is 87.6 Å². The van der Waals surface area contributed by atoms with E-state index in [1.165, 1.54) is 87.6 Å². The van der Waals surface area contributed by atoms with Crippen LogP contribution in [0.1, 0.15) is 22.3 Å². The van der Waals surface area contributed by atoms with Crippen LogP contribution in [-0.2, 0) is 26.2 Å². The lowest BCUT2D eigenvalue weighted by molar-refractivity contribution is 0.185. The van der Waals surface area contributed by atoms with E-state index < -0.39 is 0 Å². The molecule has 230 valence electrons. The van der Waals surface area contributed by atoms with Crippen LogP contribution in [0.2, 0.25) is 0 Å². The topological polar surface area (TPSA) is 6.48 Å². The second-order valence-electron chi connectivity index (χ2n) is 13.7. The van der Waals surface area contributed by atoms with Gasteiger partial charge < -0.3 is 0 Å². The van der Waals surface area contributed by atoms with Gasteiger partial charge in [0.05, 0.1) is 0 Å². The van der Waals surface area contributed by atoms with Crippen molar-refractivity contribution in [2.24, 2.45) is 0 Å².